The van der Waals surface area contributed by atoms with E-state index in [-0.39, 0.29) is 0 Å². The van der Waals surface area contributed by atoms with Gasteiger partial charge in [-0.3, -0.25) is 0 Å². The van der Waals surface area contributed by atoms with Crippen LogP contribution in [0.4, 0.5) is 5.69 Å². The summed E-state index contributed by atoms with van der Waals surface area (Å²) >= 11 is 3.51. The standard InChI is InChI=1S/C13H20BrN/c1-4-11(5-2)9-15-12-6-7-13(14)10(3)8-12/h6-8,11,15H,4-5,9H2,1-3H3. The second kappa shape index (κ2) is 6.16. The molecule has 0 aliphatic carbocycles. The Balaban J connectivity index is 2.54. The molecule has 0 atom stereocenters. The SMILES string of the molecule is CCC(CC)CNc1ccc(Br)c(C)c1. The van der Waals surface area contributed by atoms with Crippen LogP contribution in [-0.2, 0) is 0 Å². The van der Waals surface area contributed by atoms with E-state index in [2.05, 4.69) is 60.2 Å². The van der Waals surface area contributed by atoms with Crippen LogP contribution < -0.4 is 5.32 Å². The molecule has 0 saturated heterocycles. The summed E-state index contributed by atoms with van der Waals surface area (Å²) in [6.07, 6.45) is 2.50. The van der Waals surface area contributed by atoms with E-state index >= 15 is 0 Å². The van der Waals surface area contributed by atoms with Crippen molar-refractivity contribution in [1.82, 2.24) is 0 Å². The third-order valence-corrected chi connectivity index (χ3v) is 3.80. The highest BCUT2D eigenvalue weighted by Gasteiger charge is 2.03. The molecule has 15 heavy (non-hydrogen) atoms. The zero-order valence-electron chi connectivity index (χ0n) is 9.81. The molecule has 0 amide bonds. The lowest BCUT2D eigenvalue weighted by Gasteiger charge is -2.14. The lowest BCUT2D eigenvalue weighted by Crippen LogP contribution is -2.12. The van der Waals surface area contributed by atoms with Crippen molar-refractivity contribution in [2.75, 3.05) is 11.9 Å². The maximum atomic E-state index is 3.51. The van der Waals surface area contributed by atoms with Crippen LogP contribution in [0.15, 0.2) is 22.7 Å². The molecule has 0 heterocycles. The number of anilines is 1. The Morgan fingerprint density at radius 3 is 2.47 bits per heavy atom. The zero-order valence-corrected chi connectivity index (χ0v) is 11.4. The molecule has 0 aliphatic heterocycles. The van der Waals surface area contributed by atoms with Crippen LogP contribution in [0, 0.1) is 12.8 Å². The fourth-order valence-corrected chi connectivity index (χ4v) is 1.84. The first kappa shape index (κ1) is 12.6. The van der Waals surface area contributed by atoms with Gasteiger partial charge in [-0.2, -0.15) is 0 Å². The second-order valence-electron chi connectivity index (χ2n) is 4.03. The van der Waals surface area contributed by atoms with Gasteiger partial charge in [0.15, 0.2) is 0 Å². The first-order valence-corrected chi connectivity index (χ1v) is 6.46. The number of benzene rings is 1. The third-order valence-electron chi connectivity index (χ3n) is 2.91. The Morgan fingerprint density at radius 2 is 1.93 bits per heavy atom. The van der Waals surface area contributed by atoms with Gasteiger partial charge in [0.2, 0.25) is 0 Å². The molecule has 1 aromatic rings. The molecule has 1 N–H and O–H groups in total. The summed E-state index contributed by atoms with van der Waals surface area (Å²) < 4.78 is 1.18. The quantitative estimate of drug-likeness (QED) is 0.824. The van der Waals surface area contributed by atoms with Crippen LogP contribution >= 0.6 is 15.9 Å². The molecular formula is C13H20BrN. The summed E-state index contributed by atoms with van der Waals surface area (Å²) in [7, 11) is 0. The number of aryl methyl sites for hydroxylation is 1. The summed E-state index contributed by atoms with van der Waals surface area (Å²) in [5, 5.41) is 3.49. The minimum absolute atomic E-state index is 0.786. The predicted octanol–water partition coefficient (Wildman–Crippen LogP) is 4.61. The largest absolute Gasteiger partial charge is 0.385 e. The van der Waals surface area contributed by atoms with Gasteiger partial charge >= 0.3 is 0 Å². The number of halogens is 1. The number of nitrogens with one attached hydrogen (secondary N) is 1. The second-order valence-corrected chi connectivity index (χ2v) is 4.88. The number of hydrogen-bond acceptors (Lipinski definition) is 1. The molecule has 0 unspecified atom stereocenters. The van der Waals surface area contributed by atoms with Gasteiger partial charge in [-0.05, 0) is 36.6 Å². The monoisotopic (exact) mass is 269 g/mol. The predicted molar refractivity (Wildman–Crippen MR) is 71.4 cm³/mol. The van der Waals surface area contributed by atoms with Crippen LogP contribution in [-0.4, -0.2) is 6.54 Å². The summed E-state index contributed by atoms with van der Waals surface area (Å²) in [6, 6.07) is 6.41. The van der Waals surface area contributed by atoms with Crippen molar-refractivity contribution in [2.45, 2.75) is 33.6 Å². The van der Waals surface area contributed by atoms with Crippen LogP contribution in [0.1, 0.15) is 32.3 Å². The molecule has 0 spiro atoms. The van der Waals surface area contributed by atoms with Crippen molar-refractivity contribution in [3.8, 4) is 0 Å². The van der Waals surface area contributed by atoms with Crippen molar-refractivity contribution in [3.05, 3.63) is 28.2 Å². The Labute approximate surface area is 101 Å². The smallest absolute Gasteiger partial charge is 0.0343 e. The van der Waals surface area contributed by atoms with Crippen molar-refractivity contribution >= 4 is 21.6 Å². The average Bonchev–Trinajstić information content (AvgIpc) is 2.24. The normalized spacial score (nSPS) is 10.7. The van der Waals surface area contributed by atoms with Crippen molar-refractivity contribution in [1.29, 1.82) is 0 Å². The first-order chi connectivity index (χ1) is 7.17. The summed E-state index contributed by atoms with van der Waals surface area (Å²) in [4.78, 5) is 0. The van der Waals surface area contributed by atoms with Gasteiger partial charge in [-0.1, -0.05) is 42.6 Å². The summed E-state index contributed by atoms with van der Waals surface area (Å²) in [5.74, 6) is 0.786. The van der Waals surface area contributed by atoms with E-state index in [4.69, 9.17) is 0 Å². The van der Waals surface area contributed by atoms with E-state index in [1.807, 2.05) is 0 Å². The summed E-state index contributed by atoms with van der Waals surface area (Å²) in [5.41, 5.74) is 2.51. The Hall–Kier alpha value is -0.500. The summed E-state index contributed by atoms with van der Waals surface area (Å²) in [6.45, 7) is 7.70. The van der Waals surface area contributed by atoms with Crippen LogP contribution in [0.3, 0.4) is 0 Å². The molecule has 0 radical (unpaired) electrons. The maximum Gasteiger partial charge on any atom is 0.0343 e. The van der Waals surface area contributed by atoms with Crippen molar-refractivity contribution in [2.24, 2.45) is 5.92 Å². The Morgan fingerprint density at radius 1 is 1.27 bits per heavy atom. The fourth-order valence-electron chi connectivity index (χ4n) is 1.59. The molecule has 0 aromatic heterocycles. The zero-order chi connectivity index (χ0) is 11.3. The minimum Gasteiger partial charge on any atom is -0.385 e. The highest BCUT2D eigenvalue weighted by Crippen LogP contribution is 2.20. The topological polar surface area (TPSA) is 12.0 Å². The van der Waals surface area contributed by atoms with Gasteiger partial charge in [-0.15, -0.1) is 0 Å². The minimum atomic E-state index is 0.786. The lowest BCUT2D eigenvalue weighted by molar-refractivity contribution is 0.519. The Kier molecular flexibility index (Phi) is 5.16. The van der Waals surface area contributed by atoms with Crippen molar-refractivity contribution in [3.63, 3.8) is 0 Å². The molecule has 0 bridgehead atoms. The molecule has 2 heteroatoms. The fraction of sp³-hybridized carbons (Fsp3) is 0.538. The van der Waals surface area contributed by atoms with E-state index in [1.54, 1.807) is 0 Å². The number of hydrogen-bond donors (Lipinski definition) is 1. The van der Waals surface area contributed by atoms with E-state index in [0.717, 1.165) is 12.5 Å². The van der Waals surface area contributed by atoms with E-state index in [9.17, 15) is 0 Å². The molecule has 0 saturated carbocycles. The van der Waals surface area contributed by atoms with Crippen molar-refractivity contribution < 1.29 is 0 Å². The molecule has 0 fully saturated rings. The molecular weight excluding hydrogens is 250 g/mol. The number of rotatable bonds is 5. The van der Waals surface area contributed by atoms with Crippen LogP contribution in [0.2, 0.25) is 0 Å². The van der Waals surface area contributed by atoms with E-state index < -0.39 is 0 Å². The molecule has 1 nitrogen and oxygen atoms in total. The third kappa shape index (κ3) is 3.86. The molecule has 1 rings (SSSR count). The first-order valence-electron chi connectivity index (χ1n) is 5.67. The van der Waals surface area contributed by atoms with Gasteiger partial charge in [0.1, 0.15) is 0 Å². The maximum absolute atomic E-state index is 3.51. The molecule has 1 aromatic carbocycles. The lowest BCUT2D eigenvalue weighted by atomic mass is 10.0. The molecule has 84 valence electrons. The molecule has 0 aliphatic rings. The van der Waals surface area contributed by atoms with E-state index in [0.29, 0.717) is 0 Å². The highest BCUT2D eigenvalue weighted by molar-refractivity contribution is 9.10. The van der Waals surface area contributed by atoms with Crippen LogP contribution in [0.25, 0.3) is 0 Å². The van der Waals surface area contributed by atoms with Gasteiger partial charge < -0.3 is 5.32 Å². The van der Waals surface area contributed by atoms with Gasteiger partial charge in [-0.25, -0.2) is 0 Å². The van der Waals surface area contributed by atoms with Gasteiger partial charge in [0.05, 0.1) is 0 Å². The Bertz CT molecular complexity index is 305. The van der Waals surface area contributed by atoms with E-state index in [1.165, 1.54) is 28.6 Å². The van der Waals surface area contributed by atoms with Crippen LogP contribution in [0.5, 0.6) is 0 Å². The van der Waals surface area contributed by atoms with Gasteiger partial charge in [0, 0.05) is 16.7 Å². The van der Waals surface area contributed by atoms with Gasteiger partial charge in [0.25, 0.3) is 0 Å². The average molecular weight is 270 g/mol. The highest BCUT2D eigenvalue weighted by atomic mass is 79.9.